The largest absolute Gasteiger partial charge is 0.424 e. The molecule has 2 unspecified atom stereocenters. The Kier molecular flexibility index (Phi) is 6.58. The number of nitrogens with zero attached hydrogens (tertiary/aromatic N) is 2. The Morgan fingerprint density at radius 2 is 1.79 bits per heavy atom. The zero-order valence-electron chi connectivity index (χ0n) is 9.16. The lowest BCUT2D eigenvalue weighted by molar-refractivity contribution is 0.0952. The summed E-state index contributed by atoms with van der Waals surface area (Å²) in [6.07, 6.45) is 3.96. The van der Waals surface area contributed by atoms with Gasteiger partial charge in [-0.15, -0.1) is 0 Å². The second-order valence-corrected chi connectivity index (χ2v) is 4.06. The lowest BCUT2D eigenvalue weighted by atomic mass is 9.94. The molecule has 0 rings (SSSR count). The van der Waals surface area contributed by atoms with Gasteiger partial charge in [0.25, 0.3) is 6.26 Å². The van der Waals surface area contributed by atoms with Gasteiger partial charge in [-0.05, 0) is 18.8 Å². The molecule has 0 bridgehead atoms. The molecule has 0 fully saturated rings. The third-order valence-electron chi connectivity index (χ3n) is 2.28. The van der Waals surface area contributed by atoms with Gasteiger partial charge in [0.2, 0.25) is 0 Å². The third-order valence-corrected chi connectivity index (χ3v) is 2.28. The molecule has 2 atom stereocenters. The van der Waals surface area contributed by atoms with Crippen LogP contribution in [0, 0.1) is 34.7 Å². The van der Waals surface area contributed by atoms with Crippen molar-refractivity contribution in [1.29, 1.82) is 10.5 Å². The fourth-order valence-electron chi connectivity index (χ4n) is 1.30. The Bertz CT molecular complexity index is 224. The number of ether oxygens (including phenoxy) is 1. The van der Waals surface area contributed by atoms with E-state index in [0.717, 1.165) is 12.8 Å². The summed E-state index contributed by atoms with van der Waals surface area (Å²) in [4.78, 5) is 0. The van der Waals surface area contributed by atoms with Crippen molar-refractivity contribution in [2.45, 2.75) is 46.1 Å². The van der Waals surface area contributed by atoms with E-state index in [0.29, 0.717) is 12.3 Å². The van der Waals surface area contributed by atoms with Crippen LogP contribution in [0.5, 0.6) is 0 Å². The molecule has 0 aliphatic carbocycles. The number of hydrogen-bond acceptors (Lipinski definition) is 3. The standard InChI is InChI=1S/C11H18N2O/c1-9(2)4-5-11(14-8-13)10(3)6-7-12/h9-11H,4-6H2,1-3H3. The highest BCUT2D eigenvalue weighted by molar-refractivity contribution is 4.80. The molecule has 0 aliphatic heterocycles. The van der Waals surface area contributed by atoms with E-state index in [1.165, 1.54) is 0 Å². The van der Waals surface area contributed by atoms with Crippen molar-refractivity contribution in [2.75, 3.05) is 0 Å². The van der Waals surface area contributed by atoms with Crippen molar-refractivity contribution in [3.8, 4) is 12.3 Å². The van der Waals surface area contributed by atoms with Gasteiger partial charge >= 0.3 is 0 Å². The molecule has 0 amide bonds. The van der Waals surface area contributed by atoms with E-state index in [4.69, 9.17) is 15.3 Å². The third kappa shape index (κ3) is 5.43. The first-order valence-electron chi connectivity index (χ1n) is 5.03. The van der Waals surface area contributed by atoms with Gasteiger partial charge in [0, 0.05) is 12.3 Å². The van der Waals surface area contributed by atoms with E-state index in [1.807, 2.05) is 6.92 Å². The van der Waals surface area contributed by atoms with E-state index >= 15 is 0 Å². The molecule has 3 nitrogen and oxygen atoms in total. The van der Waals surface area contributed by atoms with Crippen LogP contribution < -0.4 is 0 Å². The van der Waals surface area contributed by atoms with Crippen LogP contribution in [-0.2, 0) is 4.74 Å². The van der Waals surface area contributed by atoms with Crippen molar-refractivity contribution in [1.82, 2.24) is 0 Å². The molecule has 0 saturated carbocycles. The van der Waals surface area contributed by atoms with Crippen LogP contribution in [0.15, 0.2) is 0 Å². The minimum absolute atomic E-state index is 0.0953. The minimum Gasteiger partial charge on any atom is -0.424 e. The smallest absolute Gasteiger partial charge is 0.286 e. The molecule has 0 spiro atoms. The molecular weight excluding hydrogens is 176 g/mol. The highest BCUT2D eigenvalue weighted by atomic mass is 16.5. The van der Waals surface area contributed by atoms with Crippen LogP contribution in [0.3, 0.4) is 0 Å². The topological polar surface area (TPSA) is 56.8 Å². The summed E-state index contributed by atoms with van der Waals surface area (Å²) in [6.45, 7) is 6.22. The quantitative estimate of drug-likeness (QED) is 0.611. The van der Waals surface area contributed by atoms with Gasteiger partial charge in [-0.1, -0.05) is 20.8 Å². The first-order valence-corrected chi connectivity index (χ1v) is 5.03. The van der Waals surface area contributed by atoms with Crippen LogP contribution in [0.1, 0.15) is 40.0 Å². The Morgan fingerprint density at radius 1 is 1.14 bits per heavy atom. The summed E-state index contributed by atoms with van der Waals surface area (Å²) in [5.41, 5.74) is 0. The molecule has 3 heteroatoms. The molecule has 0 saturated heterocycles. The fourth-order valence-corrected chi connectivity index (χ4v) is 1.30. The number of hydrogen-bond donors (Lipinski definition) is 0. The highest BCUT2D eigenvalue weighted by Gasteiger charge is 2.18. The zero-order chi connectivity index (χ0) is 11.0. The van der Waals surface area contributed by atoms with Crippen molar-refractivity contribution in [3.63, 3.8) is 0 Å². The lowest BCUT2D eigenvalue weighted by Crippen LogP contribution is -2.20. The monoisotopic (exact) mass is 194 g/mol. The predicted octanol–water partition coefficient (Wildman–Crippen LogP) is 2.84. The maximum Gasteiger partial charge on any atom is 0.286 e. The van der Waals surface area contributed by atoms with Crippen molar-refractivity contribution < 1.29 is 4.74 Å². The van der Waals surface area contributed by atoms with Gasteiger partial charge in [0.15, 0.2) is 0 Å². The van der Waals surface area contributed by atoms with Gasteiger partial charge in [0.05, 0.1) is 6.07 Å². The van der Waals surface area contributed by atoms with E-state index in [-0.39, 0.29) is 12.0 Å². The second kappa shape index (κ2) is 7.21. The van der Waals surface area contributed by atoms with Crippen molar-refractivity contribution in [2.24, 2.45) is 11.8 Å². The van der Waals surface area contributed by atoms with E-state index in [2.05, 4.69) is 19.9 Å². The summed E-state index contributed by atoms with van der Waals surface area (Å²) in [7, 11) is 0. The summed E-state index contributed by atoms with van der Waals surface area (Å²) < 4.78 is 4.96. The van der Waals surface area contributed by atoms with Crippen LogP contribution in [-0.4, -0.2) is 6.10 Å². The molecule has 0 aromatic rings. The molecule has 0 aromatic carbocycles. The molecule has 14 heavy (non-hydrogen) atoms. The van der Waals surface area contributed by atoms with Gasteiger partial charge < -0.3 is 4.74 Å². The molecule has 0 aliphatic rings. The van der Waals surface area contributed by atoms with Crippen LogP contribution in [0.25, 0.3) is 0 Å². The van der Waals surface area contributed by atoms with Crippen LogP contribution in [0.2, 0.25) is 0 Å². The van der Waals surface area contributed by atoms with Gasteiger partial charge in [0.1, 0.15) is 6.10 Å². The first-order chi connectivity index (χ1) is 6.61. The summed E-state index contributed by atoms with van der Waals surface area (Å²) in [5.74, 6) is 0.743. The van der Waals surface area contributed by atoms with Crippen LogP contribution in [0.4, 0.5) is 0 Å². The van der Waals surface area contributed by atoms with Gasteiger partial charge in [-0.25, -0.2) is 0 Å². The van der Waals surface area contributed by atoms with E-state index in [1.54, 1.807) is 6.26 Å². The number of nitriles is 2. The summed E-state index contributed by atoms with van der Waals surface area (Å²) in [6, 6.07) is 2.10. The first kappa shape index (κ1) is 12.8. The molecular formula is C11H18N2O. The Labute approximate surface area is 86.3 Å². The summed E-state index contributed by atoms with van der Waals surface area (Å²) >= 11 is 0. The maximum absolute atomic E-state index is 8.54. The molecule has 0 aromatic heterocycles. The van der Waals surface area contributed by atoms with Gasteiger partial charge in [-0.2, -0.15) is 10.5 Å². The zero-order valence-corrected chi connectivity index (χ0v) is 9.16. The Balaban J connectivity index is 4.02. The average Bonchev–Trinajstić information content (AvgIpc) is 2.12. The molecule has 0 N–H and O–H groups in total. The molecule has 0 radical (unpaired) electrons. The summed E-state index contributed by atoms with van der Waals surface area (Å²) in [5, 5.41) is 17.0. The Hall–Kier alpha value is -1.22. The maximum atomic E-state index is 8.54. The van der Waals surface area contributed by atoms with Crippen molar-refractivity contribution >= 4 is 0 Å². The Morgan fingerprint density at radius 3 is 2.21 bits per heavy atom. The molecule has 0 heterocycles. The van der Waals surface area contributed by atoms with E-state index in [9.17, 15) is 0 Å². The van der Waals surface area contributed by atoms with Gasteiger partial charge in [-0.3, -0.25) is 0 Å². The number of rotatable bonds is 6. The molecule has 78 valence electrons. The predicted molar refractivity (Wildman–Crippen MR) is 54.0 cm³/mol. The van der Waals surface area contributed by atoms with Crippen molar-refractivity contribution in [3.05, 3.63) is 0 Å². The highest BCUT2D eigenvalue weighted by Crippen LogP contribution is 2.18. The minimum atomic E-state index is -0.0953. The average molecular weight is 194 g/mol. The van der Waals surface area contributed by atoms with E-state index < -0.39 is 0 Å². The second-order valence-electron chi connectivity index (χ2n) is 4.06. The SMILES string of the molecule is CC(C)CCC(OC#N)C(C)CC#N. The van der Waals surface area contributed by atoms with Crippen LogP contribution >= 0.6 is 0 Å². The lowest BCUT2D eigenvalue weighted by Gasteiger charge is -2.19. The normalized spacial score (nSPS) is 14.1. The fraction of sp³-hybridized carbons (Fsp3) is 0.818.